The lowest BCUT2D eigenvalue weighted by Gasteiger charge is -2.21. The molecule has 8 heteroatoms. The van der Waals surface area contributed by atoms with Gasteiger partial charge in [0.15, 0.2) is 5.82 Å². The summed E-state index contributed by atoms with van der Waals surface area (Å²) in [4.78, 5) is 25.3. The van der Waals surface area contributed by atoms with E-state index in [1.54, 1.807) is 23.2 Å². The van der Waals surface area contributed by atoms with E-state index in [-0.39, 0.29) is 22.0 Å². The van der Waals surface area contributed by atoms with Gasteiger partial charge < -0.3 is 10.3 Å². The second-order valence-electron chi connectivity index (χ2n) is 7.20. The molecule has 0 bridgehead atoms. The highest BCUT2D eigenvalue weighted by Crippen LogP contribution is 2.29. The van der Waals surface area contributed by atoms with Crippen LogP contribution in [0.1, 0.15) is 18.7 Å². The van der Waals surface area contributed by atoms with Crippen molar-refractivity contribution in [3.8, 4) is 5.69 Å². The van der Waals surface area contributed by atoms with Crippen LogP contribution in [0.5, 0.6) is 0 Å². The highest BCUT2D eigenvalue weighted by molar-refractivity contribution is 6.35. The summed E-state index contributed by atoms with van der Waals surface area (Å²) in [6.07, 6.45) is 3.29. The average Bonchev–Trinajstić information content (AvgIpc) is 3.26. The van der Waals surface area contributed by atoms with E-state index in [1.165, 1.54) is 6.07 Å². The van der Waals surface area contributed by atoms with Gasteiger partial charge in [0.05, 0.1) is 28.3 Å². The number of rotatable bonds is 4. The fraction of sp³-hybridized carbons (Fsp3) is 0.0870. The Hall–Kier alpha value is -3.71. The van der Waals surface area contributed by atoms with Gasteiger partial charge >= 0.3 is 0 Å². The Balaban J connectivity index is 1.73. The lowest BCUT2D eigenvalue weighted by Crippen LogP contribution is -2.26. The summed E-state index contributed by atoms with van der Waals surface area (Å²) >= 11 is 6.18. The maximum Gasteiger partial charge on any atom is 0.264 e. The Morgan fingerprint density at radius 2 is 1.94 bits per heavy atom. The molecular formula is C23H17ClFN5O. The standard InChI is InChI=1S/C23H17ClFN5O/c1-13(29-22-21-17(9-10-26-22)27-12-28-21)18-11-14-7-8-16(25)20(24)19(14)23(31)30(18)15-5-3-2-4-6-15/h2-13H,1H3,(H,26,29)(H,27,28). The van der Waals surface area contributed by atoms with Gasteiger partial charge in [-0.3, -0.25) is 9.36 Å². The monoisotopic (exact) mass is 433 g/mol. The predicted octanol–water partition coefficient (Wildman–Crippen LogP) is 5.23. The van der Waals surface area contributed by atoms with Crippen molar-refractivity contribution in [2.24, 2.45) is 0 Å². The number of H-pyrrole nitrogens is 1. The first-order valence-electron chi connectivity index (χ1n) is 9.68. The maximum atomic E-state index is 14.1. The number of pyridine rings is 2. The molecule has 1 atom stereocenters. The van der Waals surface area contributed by atoms with Gasteiger partial charge in [-0.15, -0.1) is 0 Å². The van der Waals surface area contributed by atoms with Gasteiger partial charge in [0, 0.05) is 17.6 Å². The summed E-state index contributed by atoms with van der Waals surface area (Å²) < 4.78 is 15.7. The predicted molar refractivity (Wildman–Crippen MR) is 120 cm³/mol. The fourth-order valence-corrected chi connectivity index (χ4v) is 4.02. The normalized spacial score (nSPS) is 12.4. The molecule has 2 aromatic carbocycles. The lowest BCUT2D eigenvalue weighted by atomic mass is 10.1. The van der Waals surface area contributed by atoms with Crippen molar-refractivity contribution in [1.29, 1.82) is 0 Å². The molecule has 0 aliphatic carbocycles. The number of nitrogens with one attached hydrogen (secondary N) is 2. The Kier molecular flexibility index (Phi) is 4.67. The first-order chi connectivity index (χ1) is 15.0. The second-order valence-corrected chi connectivity index (χ2v) is 7.57. The molecule has 0 aliphatic heterocycles. The van der Waals surface area contributed by atoms with Gasteiger partial charge in [-0.25, -0.2) is 14.4 Å². The van der Waals surface area contributed by atoms with E-state index in [0.717, 1.165) is 5.52 Å². The number of aromatic amines is 1. The van der Waals surface area contributed by atoms with Crippen molar-refractivity contribution < 1.29 is 4.39 Å². The van der Waals surface area contributed by atoms with Crippen LogP contribution in [0.15, 0.2) is 71.9 Å². The van der Waals surface area contributed by atoms with Crippen LogP contribution in [0.4, 0.5) is 10.2 Å². The number of anilines is 1. The van der Waals surface area contributed by atoms with Crippen molar-refractivity contribution in [2.45, 2.75) is 13.0 Å². The van der Waals surface area contributed by atoms with Gasteiger partial charge in [-0.1, -0.05) is 35.9 Å². The van der Waals surface area contributed by atoms with Gasteiger partial charge in [-0.2, -0.15) is 0 Å². The van der Waals surface area contributed by atoms with Gasteiger partial charge in [0.2, 0.25) is 0 Å². The molecule has 5 aromatic rings. The quantitative estimate of drug-likeness (QED) is 0.407. The number of hydrogen-bond donors (Lipinski definition) is 2. The molecule has 0 spiro atoms. The Morgan fingerprint density at radius 1 is 1.13 bits per heavy atom. The molecule has 0 fully saturated rings. The second kappa shape index (κ2) is 7.52. The number of benzene rings is 2. The van der Waals surface area contributed by atoms with Crippen LogP contribution in [0.2, 0.25) is 5.02 Å². The van der Waals surface area contributed by atoms with E-state index in [9.17, 15) is 9.18 Å². The third-order valence-electron chi connectivity index (χ3n) is 5.25. The zero-order valence-electron chi connectivity index (χ0n) is 16.4. The van der Waals surface area contributed by atoms with Crippen molar-refractivity contribution >= 4 is 39.2 Å². The lowest BCUT2D eigenvalue weighted by molar-refractivity contribution is 0.629. The highest BCUT2D eigenvalue weighted by Gasteiger charge is 2.20. The van der Waals surface area contributed by atoms with Gasteiger partial charge in [0.25, 0.3) is 5.56 Å². The number of para-hydroxylation sites is 1. The van der Waals surface area contributed by atoms with Crippen molar-refractivity contribution in [2.75, 3.05) is 5.32 Å². The topological polar surface area (TPSA) is 75.6 Å². The minimum Gasteiger partial charge on any atom is -0.360 e. The number of halogens is 2. The number of fused-ring (bicyclic) bond motifs is 2. The van der Waals surface area contributed by atoms with E-state index < -0.39 is 5.82 Å². The molecule has 31 heavy (non-hydrogen) atoms. The Labute approximate surface area is 181 Å². The minimum absolute atomic E-state index is 0.147. The molecule has 1 unspecified atom stereocenters. The van der Waals surface area contributed by atoms with Crippen LogP contribution in [0.3, 0.4) is 0 Å². The maximum absolute atomic E-state index is 14.1. The average molecular weight is 434 g/mol. The Bertz CT molecular complexity index is 1480. The largest absolute Gasteiger partial charge is 0.360 e. The van der Waals surface area contributed by atoms with Crippen LogP contribution < -0.4 is 10.9 Å². The molecule has 0 saturated heterocycles. The molecule has 2 N–H and O–H groups in total. The third-order valence-corrected chi connectivity index (χ3v) is 5.62. The van der Waals surface area contributed by atoms with Crippen LogP contribution in [0, 0.1) is 5.82 Å². The molecule has 3 aromatic heterocycles. The number of imidazole rings is 1. The number of hydrogen-bond acceptors (Lipinski definition) is 4. The zero-order chi connectivity index (χ0) is 21.5. The molecule has 6 nitrogen and oxygen atoms in total. The molecule has 3 heterocycles. The van der Waals surface area contributed by atoms with Crippen molar-refractivity contribution in [3.63, 3.8) is 0 Å². The third kappa shape index (κ3) is 3.23. The molecule has 0 saturated carbocycles. The summed E-state index contributed by atoms with van der Waals surface area (Å²) in [5.41, 5.74) is 2.51. The van der Waals surface area contributed by atoms with Crippen LogP contribution in [0.25, 0.3) is 27.5 Å². The van der Waals surface area contributed by atoms with Gasteiger partial charge in [-0.05, 0) is 42.6 Å². The van der Waals surface area contributed by atoms with E-state index in [4.69, 9.17) is 11.6 Å². The van der Waals surface area contributed by atoms with E-state index in [2.05, 4.69) is 20.3 Å². The van der Waals surface area contributed by atoms with Crippen molar-refractivity contribution in [1.82, 2.24) is 19.5 Å². The Morgan fingerprint density at radius 3 is 2.74 bits per heavy atom. The van der Waals surface area contributed by atoms with Crippen LogP contribution >= 0.6 is 11.6 Å². The summed E-state index contributed by atoms with van der Waals surface area (Å²) in [5.74, 6) is -0.0326. The van der Waals surface area contributed by atoms with E-state index >= 15 is 0 Å². The molecule has 5 rings (SSSR count). The highest BCUT2D eigenvalue weighted by atomic mass is 35.5. The van der Waals surface area contributed by atoms with E-state index in [0.29, 0.717) is 28.1 Å². The summed E-state index contributed by atoms with van der Waals surface area (Å²) in [6, 6.07) is 15.4. The number of aromatic nitrogens is 4. The summed E-state index contributed by atoms with van der Waals surface area (Å²) in [5, 5.41) is 3.89. The fourth-order valence-electron chi connectivity index (χ4n) is 3.77. The molecule has 0 radical (unpaired) electrons. The first-order valence-corrected chi connectivity index (χ1v) is 10.1. The summed E-state index contributed by atoms with van der Waals surface area (Å²) in [7, 11) is 0. The van der Waals surface area contributed by atoms with Crippen molar-refractivity contribution in [3.05, 3.63) is 94.0 Å². The van der Waals surface area contributed by atoms with E-state index in [1.807, 2.05) is 49.4 Å². The van der Waals surface area contributed by atoms with Gasteiger partial charge in [0.1, 0.15) is 11.3 Å². The number of nitrogens with zero attached hydrogens (tertiary/aromatic N) is 3. The first kappa shape index (κ1) is 19.3. The SMILES string of the molecule is CC(Nc1nccc2[nH]cnc12)c1cc2ccc(F)c(Cl)c2c(=O)n1-c1ccccc1. The van der Waals surface area contributed by atoms with Crippen LogP contribution in [-0.2, 0) is 0 Å². The molecular weight excluding hydrogens is 417 g/mol. The van der Waals surface area contributed by atoms with Crippen LogP contribution in [-0.4, -0.2) is 19.5 Å². The molecule has 0 aliphatic rings. The smallest absolute Gasteiger partial charge is 0.264 e. The molecule has 0 amide bonds. The molecule has 154 valence electrons. The zero-order valence-corrected chi connectivity index (χ0v) is 17.2. The summed E-state index contributed by atoms with van der Waals surface area (Å²) in [6.45, 7) is 1.93. The minimum atomic E-state index is -0.626.